The molecule has 1 atom stereocenters. The molecule has 0 aromatic heterocycles. The maximum atomic E-state index is 5.94. The summed E-state index contributed by atoms with van der Waals surface area (Å²) >= 11 is 0. The third kappa shape index (κ3) is 5.87. The van der Waals surface area contributed by atoms with Gasteiger partial charge in [-0.3, -0.25) is 0 Å². The number of nitrogens with zero attached hydrogens (tertiary/aromatic N) is 1. The molecule has 0 bridgehead atoms. The average Bonchev–Trinajstić information content (AvgIpc) is 2.81. The Morgan fingerprint density at radius 3 is 2.42 bits per heavy atom. The molecule has 0 radical (unpaired) electrons. The molecule has 0 spiro atoms. The molecule has 1 fully saturated rings. The van der Waals surface area contributed by atoms with E-state index in [9.17, 15) is 0 Å². The first kappa shape index (κ1) is 21.9. The van der Waals surface area contributed by atoms with Gasteiger partial charge in [-0.1, -0.05) is 57.1 Å². The minimum Gasteiger partial charge on any atom is -0.467 e. The molecule has 0 saturated carbocycles. The standard InChI is InChI=1S/C27H32NO2P/c1-21-11-14-26(24(17-21)28-15-7-4-8-16-28)31-27-19-23(12-13-25(27)30-20-29-2)18-22-9-5-3-6-10-22/h3,5-6,9-14,17,19,31H,4,7-8,15-16,18,20H2,1-2H3. The zero-order valence-corrected chi connectivity index (χ0v) is 19.6. The highest BCUT2D eigenvalue weighted by molar-refractivity contribution is 7.56. The van der Waals surface area contributed by atoms with Crippen molar-refractivity contribution in [3.63, 3.8) is 0 Å². The second-order valence-electron chi connectivity index (χ2n) is 8.24. The number of anilines is 1. The van der Waals surface area contributed by atoms with E-state index in [-0.39, 0.29) is 6.79 Å². The molecule has 4 heteroatoms. The number of rotatable bonds is 8. The van der Waals surface area contributed by atoms with Crippen LogP contribution in [0.5, 0.6) is 5.75 Å². The van der Waals surface area contributed by atoms with Gasteiger partial charge in [0.25, 0.3) is 0 Å². The maximum Gasteiger partial charge on any atom is 0.188 e. The summed E-state index contributed by atoms with van der Waals surface area (Å²) in [5.41, 5.74) is 5.35. The van der Waals surface area contributed by atoms with Crippen molar-refractivity contribution in [1.82, 2.24) is 0 Å². The van der Waals surface area contributed by atoms with Crippen molar-refractivity contribution in [2.24, 2.45) is 0 Å². The molecular weight excluding hydrogens is 401 g/mol. The fourth-order valence-electron chi connectivity index (χ4n) is 4.15. The van der Waals surface area contributed by atoms with Crippen LogP contribution in [0.1, 0.15) is 36.0 Å². The molecule has 1 heterocycles. The fraction of sp³-hybridized carbons (Fsp3) is 0.333. The van der Waals surface area contributed by atoms with Gasteiger partial charge in [0, 0.05) is 36.5 Å². The second-order valence-corrected chi connectivity index (χ2v) is 9.56. The van der Waals surface area contributed by atoms with E-state index in [1.54, 1.807) is 7.11 Å². The number of hydrogen-bond donors (Lipinski definition) is 0. The van der Waals surface area contributed by atoms with Crippen molar-refractivity contribution < 1.29 is 9.47 Å². The molecule has 1 unspecified atom stereocenters. The van der Waals surface area contributed by atoms with Crippen molar-refractivity contribution in [2.45, 2.75) is 32.6 Å². The van der Waals surface area contributed by atoms with E-state index < -0.39 is 0 Å². The van der Waals surface area contributed by atoms with Gasteiger partial charge >= 0.3 is 0 Å². The predicted molar refractivity (Wildman–Crippen MR) is 133 cm³/mol. The SMILES string of the molecule is COCOc1ccc(Cc2ccccc2)cc1Pc1ccc(C)cc1N1CCCCC1. The zero-order valence-electron chi connectivity index (χ0n) is 18.6. The van der Waals surface area contributed by atoms with E-state index >= 15 is 0 Å². The third-order valence-electron chi connectivity index (χ3n) is 5.75. The molecule has 0 N–H and O–H groups in total. The number of ether oxygens (including phenoxy) is 2. The second kappa shape index (κ2) is 10.8. The Hall–Kier alpha value is -2.35. The largest absolute Gasteiger partial charge is 0.467 e. The molecule has 162 valence electrons. The minimum absolute atomic E-state index is 0.266. The van der Waals surface area contributed by atoms with Gasteiger partial charge in [-0.05, 0) is 67.5 Å². The van der Waals surface area contributed by atoms with E-state index in [2.05, 4.69) is 78.6 Å². The lowest BCUT2D eigenvalue weighted by atomic mass is 10.1. The summed E-state index contributed by atoms with van der Waals surface area (Å²) in [4.78, 5) is 2.57. The van der Waals surface area contributed by atoms with Crippen molar-refractivity contribution in [3.8, 4) is 5.75 Å². The summed E-state index contributed by atoms with van der Waals surface area (Å²) in [6, 6.07) is 24.1. The van der Waals surface area contributed by atoms with Crippen LogP contribution in [-0.4, -0.2) is 27.0 Å². The molecule has 3 aromatic rings. The van der Waals surface area contributed by atoms with Gasteiger partial charge < -0.3 is 14.4 Å². The first-order valence-corrected chi connectivity index (χ1v) is 12.1. The fourth-order valence-corrected chi connectivity index (χ4v) is 5.50. The molecule has 1 saturated heterocycles. The lowest BCUT2D eigenvalue weighted by Crippen LogP contribution is -2.32. The van der Waals surface area contributed by atoms with Gasteiger partial charge in [0.05, 0.1) is 0 Å². The Morgan fingerprint density at radius 1 is 0.839 bits per heavy atom. The number of hydrogen-bond acceptors (Lipinski definition) is 3. The summed E-state index contributed by atoms with van der Waals surface area (Å²) in [7, 11) is 2.21. The smallest absolute Gasteiger partial charge is 0.188 e. The Labute approximate surface area is 188 Å². The molecular formula is C27H32NO2P. The zero-order chi connectivity index (χ0) is 21.5. The molecule has 3 aromatic carbocycles. The van der Waals surface area contributed by atoms with Crippen molar-refractivity contribution >= 4 is 24.9 Å². The van der Waals surface area contributed by atoms with Crippen molar-refractivity contribution in [1.29, 1.82) is 0 Å². The Balaban J connectivity index is 1.65. The van der Waals surface area contributed by atoms with Crippen LogP contribution in [0.3, 0.4) is 0 Å². The number of methoxy groups -OCH3 is 1. The van der Waals surface area contributed by atoms with Crippen LogP contribution in [0.4, 0.5) is 5.69 Å². The van der Waals surface area contributed by atoms with Crippen LogP contribution in [0.25, 0.3) is 0 Å². The van der Waals surface area contributed by atoms with Gasteiger partial charge in [-0.15, -0.1) is 0 Å². The number of piperidine rings is 1. The minimum atomic E-state index is 0.266. The Morgan fingerprint density at radius 2 is 1.65 bits per heavy atom. The highest BCUT2D eigenvalue weighted by Gasteiger charge is 2.17. The summed E-state index contributed by atoms with van der Waals surface area (Å²) in [6.07, 6.45) is 4.84. The highest BCUT2D eigenvalue weighted by atomic mass is 31.1. The number of benzene rings is 3. The summed E-state index contributed by atoms with van der Waals surface area (Å²) in [5.74, 6) is 0.919. The van der Waals surface area contributed by atoms with E-state index in [0.717, 1.165) is 25.3 Å². The summed E-state index contributed by atoms with van der Waals surface area (Å²) < 4.78 is 11.1. The Bertz CT molecular complexity index is 984. The molecule has 1 aliphatic heterocycles. The first-order chi connectivity index (χ1) is 15.2. The summed E-state index contributed by atoms with van der Waals surface area (Å²) in [5, 5.41) is 2.64. The lowest BCUT2D eigenvalue weighted by Gasteiger charge is -2.31. The van der Waals surface area contributed by atoms with Crippen LogP contribution in [0.15, 0.2) is 66.7 Å². The first-order valence-electron chi connectivity index (χ1n) is 11.1. The third-order valence-corrected chi connectivity index (χ3v) is 7.10. The lowest BCUT2D eigenvalue weighted by molar-refractivity contribution is 0.0519. The quantitative estimate of drug-likeness (QED) is 0.361. The average molecular weight is 434 g/mol. The van der Waals surface area contributed by atoms with E-state index in [1.807, 2.05) is 0 Å². The molecule has 31 heavy (non-hydrogen) atoms. The molecule has 3 nitrogen and oxygen atoms in total. The van der Waals surface area contributed by atoms with E-state index in [4.69, 9.17) is 9.47 Å². The van der Waals surface area contributed by atoms with Gasteiger partial charge in [0.1, 0.15) is 5.75 Å². The monoisotopic (exact) mass is 433 g/mol. The van der Waals surface area contributed by atoms with Crippen molar-refractivity contribution in [2.75, 3.05) is 31.9 Å². The van der Waals surface area contributed by atoms with E-state index in [0.29, 0.717) is 8.58 Å². The van der Waals surface area contributed by atoms with Crippen LogP contribution < -0.4 is 20.2 Å². The van der Waals surface area contributed by atoms with Crippen molar-refractivity contribution in [3.05, 3.63) is 83.4 Å². The van der Waals surface area contributed by atoms with Gasteiger partial charge in [0.15, 0.2) is 6.79 Å². The molecule has 0 amide bonds. The molecule has 1 aliphatic rings. The Kier molecular flexibility index (Phi) is 7.61. The number of aryl methyl sites for hydroxylation is 1. The maximum absolute atomic E-state index is 5.94. The van der Waals surface area contributed by atoms with Crippen LogP contribution >= 0.6 is 8.58 Å². The van der Waals surface area contributed by atoms with Crippen LogP contribution in [0.2, 0.25) is 0 Å². The van der Waals surface area contributed by atoms with Gasteiger partial charge in [0.2, 0.25) is 0 Å². The van der Waals surface area contributed by atoms with Gasteiger partial charge in [-0.2, -0.15) is 0 Å². The van der Waals surface area contributed by atoms with Crippen LogP contribution in [0, 0.1) is 6.92 Å². The predicted octanol–water partition coefficient (Wildman–Crippen LogP) is 5.19. The van der Waals surface area contributed by atoms with Crippen LogP contribution in [-0.2, 0) is 11.2 Å². The van der Waals surface area contributed by atoms with E-state index in [1.165, 1.54) is 52.2 Å². The normalized spacial score (nSPS) is 14.3. The summed E-state index contributed by atoms with van der Waals surface area (Å²) in [6.45, 7) is 4.76. The molecule has 4 rings (SSSR count). The molecule has 0 aliphatic carbocycles. The highest BCUT2D eigenvalue weighted by Crippen LogP contribution is 2.28. The topological polar surface area (TPSA) is 21.7 Å². The van der Waals surface area contributed by atoms with Gasteiger partial charge in [-0.25, -0.2) is 0 Å².